The first-order chi connectivity index (χ1) is 4.48. The Bertz CT molecular complexity index is 173. The largest absolute Gasteiger partial charge is 0.298 e. The molecule has 56 valence electrons. The van der Waals surface area contributed by atoms with Gasteiger partial charge in [-0.2, -0.15) is 0 Å². The number of Topliss-reactive ketones (excluding diaryl/α,β-unsaturated/α-hetero) is 1. The summed E-state index contributed by atoms with van der Waals surface area (Å²) in [5, 5.41) is 0. The van der Waals surface area contributed by atoms with E-state index in [9.17, 15) is 4.79 Å². The van der Waals surface area contributed by atoms with Crippen LogP contribution in [0.1, 0.15) is 34.1 Å². The zero-order valence-electron chi connectivity index (χ0n) is 7.12. The minimum atomic E-state index is -0.232. The maximum atomic E-state index is 11.1. The van der Waals surface area contributed by atoms with Crippen LogP contribution in [0.3, 0.4) is 0 Å². The summed E-state index contributed by atoms with van der Waals surface area (Å²) in [6, 6.07) is 0. The van der Waals surface area contributed by atoms with Crippen molar-refractivity contribution in [1.82, 2.24) is 0 Å². The highest BCUT2D eigenvalue weighted by Crippen LogP contribution is 2.15. The van der Waals surface area contributed by atoms with E-state index in [1.165, 1.54) is 0 Å². The molecule has 1 heteroatoms. The first kappa shape index (κ1) is 9.23. The van der Waals surface area contributed by atoms with E-state index in [1.807, 2.05) is 20.8 Å². The normalized spacial score (nSPS) is 10.0. The third-order valence-corrected chi connectivity index (χ3v) is 1.26. The van der Waals surface area contributed by atoms with Gasteiger partial charge in [0, 0.05) is 5.41 Å². The van der Waals surface area contributed by atoms with Gasteiger partial charge < -0.3 is 0 Å². The molecular weight excluding hydrogens is 124 g/mol. The summed E-state index contributed by atoms with van der Waals surface area (Å²) in [6.45, 7) is 7.47. The van der Waals surface area contributed by atoms with Crippen LogP contribution in [0.4, 0.5) is 0 Å². The second-order valence-corrected chi connectivity index (χ2v) is 3.28. The van der Waals surface area contributed by atoms with Gasteiger partial charge in [0.1, 0.15) is 5.78 Å². The van der Waals surface area contributed by atoms with E-state index in [4.69, 9.17) is 0 Å². The molecule has 0 aliphatic rings. The lowest BCUT2D eigenvalue weighted by atomic mass is 9.89. The second-order valence-electron chi connectivity index (χ2n) is 3.28. The highest BCUT2D eigenvalue weighted by atomic mass is 16.1. The average molecular weight is 138 g/mol. The Morgan fingerprint density at radius 1 is 1.40 bits per heavy atom. The summed E-state index contributed by atoms with van der Waals surface area (Å²) in [5.74, 6) is 5.66. The smallest absolute Gasteiger partial charge is 0.150 e. The molecule has 0 saturated heterocycles. The van der Waals surface area contributed by atoms with Crippen LogP contribution in [-0.4, -0.2) is 5.78 Å². The molecule has 0 saturated carbocycles. The average Bonchev–Trinajstić information content (AvgIpc) is 1.80. The Hall–Kier alpha value is -0.770. The van der Waals surface area contributed by atoms with E-state index < -0.39 is 0 Å². The second kappa shape index (κ2) is 3.41. The molecule has 0 atom stereocenters. The quantitative estimate of drug-likeness (QED) is 0.506. The zero-order valence-corrected chi connectivity index (χ0v) is 7.12. The Balaban J connectivity index is 3.95. The third kappa shape index (κ3) is 3.29. The molecule has 0 radical (unpaired) electrons. The van der Waals surface area contributed by atoms with Crippen LogP contribution >= 0.6 is 0 Å². The third-order valence-electron chi connectivity index (χ3n) is 1.26. The van der Waals surface area contributed by atoms with E-state index in [-0.39, 0.29) is 11.2 Å². The van der Waals surface area contributed by atoms with Crippen LogP contribution in [0.25, 0.3) is 0 Å². The Morgan fingerprint density at radius 3 is 2.20 bits per heavy atom. The van der Waals surface area contributed by atoms with E-state index in [0.29, 0.717) is 6.42 Å². The molecule has 0 heterocycles. The highest BCUT2D eigenvalue weighted by Gasteiger charge is 2.19. The Morgan fingerprint density at radius 2 is 1.90 bits per heavy atom. The van der Waals surface area contributed by atoms with Gasteiger partial charge in [0.25, 0.3) is 0 Å². The van der Waals surface area contributed by atoms with Crippen LogP contribution in [-0.2, 0) is 4.79 Å². The number of hydrogen-bond donors (Lipinski definition) is 0. The van der Waals surface area contributed by atoms with Crippen molar-refractivity contribution in [3.63, 3.8) is 0 Å². The molecule has 0 unspecified atom stereocenters. The minimum absolute atomic E-state index is 0.210. The molecule has 0 aromatic rings. The van der Waals surface area contributed by atoms with Gasteiger partial charge in [-0.15, -0.1) is 5.92 Å². The van der Waals surface area contributed by atoms with Crippen molar-refractivity contribution in [3.05, 3.63) is 0 Å². The fourth-order valence-corrected chi connectivity index (χ4v) is 0.434. The molecule has 0 N–H and O–H groups in total. The van der Waals surface area contributed by atoms with Crippen LogP contribution < -0.4 is 0 Å². The van der Waals surface area contributed by atoms with Crippen molar-refractivity contribution in [2.75, 3.05) is 0 Å². The number of carbonyl (C=O) groups is 1. The number of hydrogen-bond acceptors (Lipinski definition) is 1. The standard InChI is InChI=1S/C9H14O/c1-5-6-7-8(10)9(2,3)4/h7H2,1-4H3. The number of ketones is 1. The zero-order chi connectivity index (χ0) is 8.20. The van der Waals surface area contributed by atoms with Crippen molar-refractivity contribution in [3.8, 4) is 11.8 Å². The van der Waals surface area contributed by atoms with E-state index in [0.717, 1.165) is 0 Å². The summed E-state index contributed by atoms with van der Waals surface area (Å²) in [4.78, 5) is 11.1. The molecule has 0 amide bonds. The lowest BCUT2D eigenvalue weighted by molar-refractivity contribution is -0.125. The van der Waals surface area contributed by atoms with Crippen molar-refractivity contribution in [1.29, 1.82) is 0 Å². The van der Waals surface area contributed by atoms with Gasteiger partial charge >= 0.3 is 0 Å². The minimum Gasteiger partial charge on any atom is -0.298 e. The molecule has 1 nitrogen and oxygen atoms in total. The first-order valence-electron chi connectivity index (χ1n) is 3.41. The predicted octanol–water partition coefficient (Wildman–Crippen LogP) is 2.02. The van der Waals surface area contributed by atoms with Gasteiger partial charge in [0.05, 0.1) is 6.42 Å². The topological polar surface area (TPSA) is 17.1 Å². The van der Waals surface area contributed by atoms with Crippen molar-refractivity contribution in [2.24, 2.45) is 5.41 Å². The summed E-state index contributed by atoms with van der Waals surface area (Å²) in [7, 11) is 0. The fraction of sp³-hybridized carbons (Fsp3) is 0.667. The lowest BCUT2D eigenvalue weighted by Crippen LogP contribution is -2.18. The summed E-state index contributed by atoms with van der Waals surface area (Å²) >= 11 is 0. The Kier molecular flexibility index (Phi) is 3.15. The van der Waals surface area contributed by atoms with Crippen LogP contribution in [0, 0.1) is 17.3 Å². The van der Waals surface area contributed by atoms with E-state index in [2.05, 4.69) is 11.8 Å². The number of rotatable bonds is 1. The molecule has 0 aromatic heterocycles. The van der Waals surface area contributed by atoms with Crippen LogP contribution in [0.15, 0.2) is 0 Å². The molecule has 0 aliphatic heterocycles. The van der Waals surface area contributed by atoms with Crippen molar-refractivity contribution < 1.29 is 4.79 Å². The fourth-order valence-electron chi connectivity index (χ4n) is 0.434. The van der Waals surface area contributed by atoms with Crippen LogP contribution in [0.2, 0.25) is 0 Å². The maximum absolute atomic E-state index is 11.1. The SMILES string of the molecule is CC#CCC(=O)C(C)(C)C. The van der Waals surface area contributed by atoms with E-state index in [1.54, 1.807) is 6.92 Å². The molecule has 0 bridgehead atoms. The summed E-state index contributed by atoms with van der Waals surface area (Å²) in [5.41, 5.74) is -0.232. The number of carbonyl (C=O) groups excluding carboxylic acids is 1. The Labute approximate surface area is 62.8 Å². The van der Waals surface area contributed by atoms with Gasteiger partial charge in [-0.3, -0.25) is 4.79 Å². The van der Waals surface area contributed by atoms with Gasteiger partial charge in [0.15, 0.2) is 0 Å². The van der Waals surface area contributed by atoms with E-state index >= 15 is 0 Å². The molecule has 0 aromatic carbocycles. The van der Waals surface area contributed by atoms with Gasteiger partial charge in [-0.1, -0.05) is 26.7 Å². The highest BCUT2D eigenvalue weighted by molar-refractivity contribution is 5.85. The van der Waals surface area contributed by atoms with Gasteiger partial charge in [0.2, 0.25) is 0 Å². The molecule has 0 rings (SSSR count). The lowest BCUT2D eigenvalue weighted by Gasteiger charge is -2.13. The monoisotopic (exact) mass is 138 g/mol. The van der Waals surface area contributed by atoms with Crippen molar-refractivity contribution >= 4 is 5.78 Å². The molecule has 0 fully saturated rings. The van der Waals surface area contributed by atoms with Gasteiger partial charge in [-0.25, -0.2) is 0 Å². The van der Waals surface area contributed by atoms with Crippen LogP contribution in [0.5, 0.6) is 0 Å². The molecule has 0 spiro atoms. The summed E-state index contributed by atoms with van der Waals surface area (Å²) < 4.78 is 0. The summed E-state index contributed by atoms with van der Waals surface area (Å²) in [6.07, 6.45) is 0.389. The van der Waals surface area contributed by atoms with Crippen molar-refractivity contribution in [2.45, 2.75) is 34.1 Å². The van der Waals surface area contributed by atoms with Gasteiger partial charge in [-0.05, 0) is 6.92 Å². The molecule has 10 heavy (non-hydrogen) atoms. The maximum Gasteiger partial charge on any atom is 0.150 e. The molecular formula is C9H14O. The first-order valence-corrected chi connectivity index (χ1v) is 3.41. The predicted molar refractivity (Wildman–Crippen MR) is 42.5 cm³/mol. The molecule has 0 aliphatic carbocycles.